The summed E-state index contributed by atoms with van der Waals surface area (Å²) in [7, 11) is -3.69. The average Bonchev–Trinajstić information content (AvgIpc) is 2.68. The van der Waals surface area contributed by atoms with Crippen LogP contribution >= 0.6 is 0 Å². The maximum absolute atomic E-state index is 13.1. The molecule has 2 fully saturated rings. The Bertz CT molecular complexity index is 757. The van der Waals surface area contributed by atoms with Gasteiger partial charge in [0.05, 0.1) is 11.2 Å². The van der Waals surface area contributed by atoms with Gasteiger partial charge >= 0.3 is 0 Å². The molecule has 1 aromatic carbocycles. The predicted octanol–water partition coefficient (Wildman–Crippen LogP) is 0.580. The minimum absolute atomic E-state index is 0.244. The fourth-order valence-electron chi connectivity index (χ4n) is 3.63. The lowest BCUT2D eigenvalue weighted by Gasteiger charge is -2.39. The quantitative estimate of drug-likeness (QED) is 0.553. The topological polar surface area (TPSA) is 99.2 Å². The smallest absolute Gasteiger partial charge is 0.250 e. The Morgan fingerprint density at radius 2 is 1.74 bits per heavy atom. The molecule has 0 radical (unpaired) electrons. The van der Waals surface area contributed by atoms with Gasteiger partial charge in [-0.1, -0.05) is 0 Å². The van der Waals surface area contributed by atoms with Gasteiger partial charge in [0.15, 0.2) is 0 Å². The van der Waals surface area contributed by atoms with Crippen LogP contribution in [0.2, 0.25) is 0 Å². The van der Waals surface area contributed by atoms with Gasteiger partial charge < -0.3 is 9.64 Å². The van der Waals surface area contributed by atoms with Crippen molar-refractivity contribution in [2.45, 2.75) is 12.8 Å². The zero-order valence-electron chi connectivity index (χ0n) is 14.9. The van der Waals surface area contributed by atoms with E-state index >= 15 is 0 Å². The number of benzene rings is 1. The molecule has 8 nitrogen and oxygen atoms in total. The molecule has 2 aliphatic rings. The maximum Gasteiger partial charge on any atom is 0.250 e. The Kier molecular flexibility index (Phi) is 5.99. The number of halogens is 1. The highest BCUT2D eigenvalue weighted by molar-refractivity contribution is 7.89. The van der Waals surface area contributed by atoms with Crippen LogP contribution in [0.5, 0.6) is 0 Å². The summed E-state index contributed by atoms with van der Waals surface area (Å²) in [5.74, 6) is -1.35. The number of ether oxygens (including phenoxy) is 1. The van der Waals surface area contributed by atoms with Crippen LogP contribution in [0, 0.1) is 11.2 Å². The second-order valence-corrected chi connectivity index (χ2v) is 8.92. The second-order valence-electron chi connectivity index (χ2n) is 6.95. The molecular formula is C17H24FN3O5S. The number of nitrogens with zero attached hydrogens (tertiary/aromatic N) is 2. The molecule has 0 unspecified atom stereocenters. The van der Waals surface area contributed by atoms with E-state index in [-0.39, 0.29) is 50.7 Å². The number of piperazine rings is 1. The fourth-order valence-corrected chi connectivity index (χ4v) is 5.65. The first kappa shape index (κ1) is 20.0. The van der Waals surface area contributed by atoms with Gasteiger partial charge in [-0.25, -0.2) is 18.3 Å². The van der Waals surface area contributed by atoms with Gasteiger partial charge in [0.2, 0.25) is 10.0 Å². The number of rotatable bonds is 5. The first-order valence-electron chi connectivity index (χ1n) is 8.87. The Morgan fingerprint density at radius 3 is 2.30 bits per heavy atom. The van der Waals surface area contributed by atoms with Gasteiger partial charge in [-0.3, -0.25) is 10.0 Å². The van der Waals surface area contributed by atoms with Crippen molar-refractivity contribution in [1.82, 2.24) is 9.79 Å². The summed E-state index contributed by atoms with van der Waals surface area (Å²) in [5.41, 5.74) is 1.28. The van der Waals surface area contributed by atoms with Crippen LogP contribution in [0.3, 0.4) is 0 Å². The van der Waals surface area contributed by atoms with Crippen molar-refractivity contribution in [2.24, 2.45) is 5.41 Å². The molecule has 1 amide bonds. The lowest BCUT2D eigenvalue weighted by atomic mass is 9.81. The number of hydrogen-bond donors (Lipinski definition) is 2. The largest absolute Gasteiger partial charge is 0.381 e. The van der Waals surface area contributed by atoms with Gasteiger partial charge in [-0.05, 0) is 37.1 Å². The van der Waals surface area contributed by atoms with Crippen LogP contribution in [-0.4, -0.2) is 69.0 Å². The van der Waals surface area contributed by atoms with Crippen LogP contribution in [-0.2, 0) is 19.6 Å². The van der Waals surface area contributed by atoms with Crippen LogP contribution in [0.4, 0.5) is 10.1 Å². The number of carbonyl (C=O) groups is 1. The zero-order valence-corrected chi connectivity index (χ0v) is 15.8. The molecule has 10 heteroatoms. The fraction of sp³-hybridized carbons (Fsp3) is 0.588. The van der Waals surface area contributed by atoms with E-state index in [1.54, 1.807) is 17.6 Å². The third kappa shape index (κ3) is 4.40. The van der Waals surface area contributed by atoms with E-state index in [1.165, 1.54) is 16.4 Å². The normalized spacial score (nSPS) is 21.0. The van der Waals surface area contributed by atoms with Crippen LogP contribution in [0.1, 0.15) is 12.8 Å². The number of anilines is 1. The summed E-state index contributed by atoms with van der Waals surface area (Å²) >= 11 is 0. The van der Waals surface area contributed by atoms with Crippen LogP contribution in [0.15, 0.2) is 24.3 Å². The van der Waals surface area contributed by atoms with Crippen molar-refractivity contribution in [2.75, 3.05) is 50.0 Å². The van der Waals surface area contributed by atoms with Gasteiger partial charge in [0, 0.05) is 45.1 Å². The molecule has 2 aliphatic heterocycles. The highest BCUT2D eigenvalue weighted by atomic mass is 32.2. The first-order chi connectivity index (χ1) is 12.9. The van der Waals surface area contributed by atoms with E-state index in [9.17, 15) is 17.6 Å². The molecule has 0 aliphatic carbocycles. The summed E-state index contributed by atoms with van der Waals surface area (Å²) in [5, 5.41) is 9.06. The lowest BCUT2D eigenvalue weighted by Crippen LogP contribution is -2.54. The molecule has 0 atom stereocenters. The average molecular weight is 401 g/mol. The van der Waals surface area contributed by atoms with E-state index in [4.69, 9.17) is 9.94 Å². The standard InChI is InChI=1S/C17H24FN3O5S/c18-14-1-3-15(4-2-14)20-7-9-21(10-8-20)27(24,25)13-17(16(22)19-23)5-11-26-12-6-17/h1-4,23H,5-13H2,(H,19,22). The van der Waals surface area contributed by atoms with Crippen molar-refractivity contribution in [3.05, 3.63) is 30.1 Å². The van der Waals surface area contributed by atoms with Crippen molar-refractivity contribution in [1.29, 1.82) is 0 Å². The third-order valence-corrected chi connectivity index (χ3v) is 7.38. The second kappa shape index (κ2) is 8.09. The molecule has 0 aromatic heterocycles. The third-order valence-electron chi connectivity index (χ3n) is 5.32. The number of hydroxylamine groups is 1. The minimum atomic E-state index is -3.69. The van der Waals surface area contributed by atoms with E-state index in [0.717, 1.165) is 5.69 Å². The molecule has 2 saturated heterocycles. The molecule has 150 valence electrons. The molecular weight excluding hydrogens is 377 g/mol. The maximum atomic E-state index is 13.1. The summed E-state index contributed by atoms with van der Waals surface area (Å²) in [4.78, 5) is 14.2. The summed E-state index contributed by atoms with van der Waals surface area (Å²) in [6.07, 6.45) is 0.488. The monoisotopic (exact) mass is 401 g/mol. The number of nitrogens with one attached hydrogen (secondary N) is 1. The van der Waals surface area contributed by atoms with Crippen molar-refractivity contribution < 1.29 is 27.5 Å². The Balaban J connectivity index is 1.67. The lowest BCUT2D eigenvalue weighted by molar-refractivity contribution is -0.143. The van der Waals surface area contributed by atoms with Gasteiger partial charge in [-0.15, -0.1) is 0 Å². The zero-order chi connectivity index (χ0) is 19.5. The van der Waals surface area contributed by atoms with Crippen LogP contribution < -0.4 is 10.4 Å². The summed E-state index contributed by atoms with van der Waals surface area (Å²) in [6.45, 7) is 2.09. The number of hydrogen-bond acceptors (Lipinski definition) is 6. The van der Waals surface area contributed by atoms with E-state index < -0.39 is 21.3 Å². The van der Waals surface area contributed by atoms with Gasteiger partial charge in [0.25, 0.3) is 5.91 Å². The Labute approximate surface area is 157 Å². The molecule has 0 spiro atoms. The Morgan fingerprint density at radius 1 is 1.15 bits per heavy atom. The predicted molar refractivity (Wildman–Crippen MR) is 96.4 cm³/mol. The Hall–Kier alpha value is -1.75. The van der Waals surface area contributed by atoms with Crippen molar-refractivity contribution in [3.63, 3.8) is 0 Å². The SMILES string of the molecule is O=C(NO)C1(CS(=O)(=O)N2CCN(c3ccc(F)cc3)CC2)CCOCC1. The van der Waals surface area contributed by atoms with Crippen molar-refractivity contribution >= 4 is 21.6 Å². The molecule has 3 rings (SSSR count). The van der Waals surface area contributed by atoms with Crippen molar-refractivity contribution in [3.8, 4) is 0 Å². The van der Waals surface area contributed by atoms with E-state index in [2.05, 4.69) is 0 Å². The first-order valence-corrected chi connectivity index (χ1v) is 10.5. The van der Waals surface area contributed by atoms with Gasteiger partial charge in [-0.2, -0.15) is 4.31 Å². The highest BCUT2D eigenvalue weighted by Gasteiger charge is 2.45. The molecule has 1 aromatic rings. The molecule has 2 heterocycles. The summed E-state index contributed by atoms with van der Waals surface area (Å²) < 4.78 is 45.5. The van der Waals surface area contributed by atoms with E-state index in [0.29, 0.717) is 13.1 Å². The van der Waals surface area contributed by atoms with Crippen LogP contribution in [0.25, 0.3) is 0 Å². The molecule has 0 saturated carbocycles. The van der Waals surface area contributed by atoms with Gasteiger partial charge in [0.1, 0.15) is 5.82 Å². The number of amides is 1. The number of carbonyl (C=O) groups excluding carboxylic acids is 1. The summed E-state index contributed by atoms with van der Waals surface area (Å²) in [6, 6.07) is 6.09. The molecule has 0 bridgehead atoms. The minimum Gasteiger partial charge on any atom is -0.381 e. The highest BCUT2D eigenvalue weighted by Crippen LogP contribution is 2.33. The molecule has 2 N–H and O–H groups in total. The molecule has 27 heavy (non-hydrogen) atoms. The van der Waals surface area contributed by atoms with E-state index in [1.807, 2.05) is 4.90 Å². The number of sulfonamides is 1.